The third kappa shape index (κ3) is 5.63. The number of halogens is 1. The number of amides is 2. The van der Waals surface area contributed by atoms with Crippen molar-refractivity contribution < 1.29 is 19.4 Å². The van der Waals surface area contributed by atoms with Crippen molar-refractivity contribution in [2.45, 2.75) is 32.2 Å². The van der Waals surface area contributed by atoms with E-state index >= 15 is 0 Å². The predicted octanol–water partition coefficient (Wildman–Crippen LogP) is 3.22. The zero-order chi connectivity index (χ0) is 15.8. The number of carbonyl (C=O) groups is 2. The number of hydrogen-bond donors (Lipinski definition) is 3. The fraction of sp³-hybridized carbons (Fsp3) is 0.429. The summed E-state index contributed by atoms with van der Waals surface area (Å²) in [5.74, 6) is -0.458. The van der Waals surface area contributed by atoms with E-state index in [1.54, 1.807) is 18.2 Å². The van der Waals surface area contributed by atoms with E-state index in [-0.39, 0.29) is 0 Å². The number of nitrogens with one attached hydrogen (secondary N) is 2. The van der Waals surface area contributed by atoms with Crippen molar-refractivity contribution >= 4 is 33.6 Å². The highest BCUT2D eigenvalue weighted by Gasteiger charge is 2.19. The Hall–Kier alpha value is -1.76. The molecular weight excluding hydrogens is 340 g/mol. The van der Waals surface area contributed by atoms with Crippen LogP contribution >= 0.6 is 15.9 Å². The van der Waals surface area contributed by atoms with E-state index < -0.39 is 18.0 Å². The molecule has 0 radical (unpaired) electrons. The second-order valence-electron chi connectivity index (χ2n) is 4.48. The van der Waals surface area contributed by atoms with Gasteiger partial charge in [-0.05, 0) is 34.5 Å². The lowest BCUT2D eigenvalue weighted by Crippen LogP contribution is -2.42. The van der Waals surface area contributed by atoms with Crippen LogP contribution in [-0.4, -0.2) is 30.3 Å². The van der Waals surface area contributed by atoms with Crippen molar-refractivity contribution in [3.8, 4) is 5.75 Å². The number of benzene rings is 1. The molecule has 0 fully saturated rings. The number of anilines is 1. The number of hydrogen-bond acceptors (Lipinski definition) is 3. The Balaban J connectivity index is 2.65. The fourth-order valence-electron chi connectivity index (χ4n) is 1.73. The highest BCUT2D eigenvalue weighted by atomic mass is 79.9. The van der Waals surface area contributed by atoms with Crippen molar-refractivity contribution in [3.05, 3.63) is 22.7 Å². The molecular formula is C14H19BrN2O4. The van der Waals surface area contributed by atoms with E-state index in [9.17, 15) is 9.59 Å². The van der Waals surface area contributed by atoms with Crippen molar-refractivity contribution in [1.29, 1.82) is 0 Å². The molecule has 0 spiro atoms. The molecule has 0 bridgehead atoms. The van der Waals surface area contributed by atoms with Gasteiger partial charge in [0, 0.05) is 11.8 Å². The summed E-state index contributed by atoms with van der Waals surface area (Å²) in [4.78, 5) is 22.9. The lowest BCUT2D eigenvalue weighted by molar-refractivity contribution is -0.139. The molecule has 116 valence electrons. The number of carbonyl (C=O) groups excluding carboxylic acids is 1. The largest absolute Gasteiger partial charge is 0.495 e. The molecule has 0 aliphatic rings. The third-order valence-corrected chi connectivity index (χ3v) is 3.51. The number of carboxylic acid groups (broad SMARTS) is 1. The van der Waals surface area contributed by atoms with Gasteiger partial charge in [0.2, 0.25) is 0 Å². The number of methoxy groups -OCH3 is 1. The molecule has 1 rings (SSSR count). The summed E-state index contributed by atoms with van der Waals surface area (Å²) >= 11 is 3.31. The van der Waals surface area contributed by atoms with Crippen LogP contribution < -0.4 is 15.4 Å². The average Bonchev–Trinajstić information content (AvgIpc) is 2.45. The summed E-state index contributed by atoms with van der Waals surface area (Å²) in [5, 5.41) is 14.1. The normalized spacial score (nSPS) is 11.6. The van der Waals surface area contributed by atoms with E-state index in [0.717, 1.165) is 17.3 Å². The topological polar surface area (TPSA) is 87.7 Å². The van der Waals surface area contributed by atoms with Crippen LogP contribution in [-0.2, 0) is 4.79 Å². The van der Waals surface area contributed by atoms with E-state index in [4.69, 9.17) is 9.84 Å². The van der Waals surface area contributed by atoms with Crippen LogP contribution in [0.15, 0.2) is 22.7 Å². The van der Waals surface area contributed by atoms with Gasteiger partial charge in [0.05, 0.1) is 11.6 Å². The van der Waals surface area contributed by atoms with Gasteiger partial charge in [0.1, 0.15) is 11.8 Å². The zero-order valence-electron chi connectivity index (χ0n) is 12.0. The Kier molecular flexibility index (Phi) is 7.01. The number of aliphatic carboxylic acids is 1. The minimum Gasteiger partial charge on any atom is -0.495 e. The monoisotopic (exact) mass is 358 g/mol. The van der Waals surface area contributed by atoms with E-state index in [2.05, 4.69) is 26.6 Å². The molecule has 0 aliphatic carbocycles. The van der Waals surface area contributed by atoms with Gasteiger partial charge in [-0.25, -0.2) is 9.59 Å². The van der Waals surface area contributed by atoms with Crippen LogP contribution in [0.25, 0.3) is 0 Å². The molecule has 7 heteroatoms. The molecule has 3 N–H and O–H groups in total. The molecule has 0 aromatic heterocycles. The number of urea groups is 1. The van der Waals surface area contributed by atoms with Gasteiger partial charge >= 0.3 is 12.0 Å². The van der Waals surface area contributed by atoms with Crippen molar-refractivity contribution in [2.24, 2.45) is 0 Å². The first-order valence-electron chi connectivity index (χ1n) is 6.61. The molecule has 0 saturated heterocycles. The molecule has 0 saturated carbocycles. The first kappa shape index (κ1) is 17.3. The third-order valence-electron chi connectivity index (χ3n) is 2.86. The molecule has 1 atom stereocenters. The SMILES string of the molecule is CCCCC(NC(=O)Nc1ccc(Br)c(OC)c1)C(=O)O. The van der Waals surface area contributed by atoms with Crippen LogP contribution in [0.4, 0.5) is 10.5 Å². The molecule has 1 aromatic carbocycles. The number of carboxylic acids is 1. The molecule has 0 aliphatic heterocycles. The van der Waals surface area contributed by atoms with Crippen LogP contribution in [0.2, 0.25) is 0 Å². The van der Waals surface area contributed by atoms with Crippen molar-refractivity contribution in [1.82, 2.24) is 5.32 Å². The van der Waals surface area contributed by atoms with Crippen LogP contribution in [0.3, 0.4) is 0 Å². The van der Waals surface area contributed by atoms with Crippen LogP contribution in [0.1, 0.15) is 26.2 Å². The van der Waals surface area contributed by atoms with Crippen LogP contribution in [0, 0.1) is 0 Å². The first-order chi connectivity index (χ1) is 9.97. The van der Waals surface area contributed by atoms with Crippen molar-refractivity contribution in [2.75, 3.05) is 12.4 Å². The first-order valence-corrected chi connectivity index (χ1v) is 7.41. The number of unbranched alkanes of at least 4 members (excludes halogenated alkanes) is 1. The zero-order valence-corrected chi connectivity index (χ0v) is 13.6. The Morgan fingerprint density at radius 3 is 2.71 bits per heavy atom. The molecule has 2 amide bonds. The van der Waals surface area contributed by atoms with Gasteiger partial charge in [-0.3, -0.25) is 0 Å². The van der Waals surface area contributed by atoms with E-state index in [1.165, 1.54) is 7.11 Å². The average molecular weight is 359 g/mol. The number of ether oxygens (including phenoxy) is 1. The lowest BCUT2D eigenvalue weighted by Gasteiger charge is -2.15. The van der Waals surface area contributed by atoms with Crippen molar-refractivity contribution in [3.63, 3.8) is 0 Å². The molecule has 1 aromatic rings. The maximum Gasteiger partial charge on any atom is 0.326 e. The Morgan fingerprint density at radius 2 is 2.14 bits per heavy atom. The smallest absolute Gasteiger partial charge is 0.326 e. The summed E-state index contributed by atoms with van der Waals surface area (Å²) in [5.41, 5.74) is 0.521. The van der Waals surface area contributed by atoms with Gasteiger partial charge < -0.3 is 20.5 Å². The second-order valence-corrected chi connectivity index (χ2v) is 5.34. The van der Waals surface area contributed by atoms with E-state index in [1.807, 2.05) is 6.92 Å². The molecule has 0 heterocycles. The highest BCUT2D eigenvalue weighted by molar-refractivity contribution is 9.10. The van der Waals surface area contributed by atoms with Gasteiger partial charge in [-0.2, -0.15) is 0 Å². The quantitative estimate of drug-likeness (QED) is 0.698. The highest BCUT2D eigenvalue weighted by Crippen LogP contribution is 2.27. The second kappa shape index (κ2) is 8.51. The van der Waals surface area contributed by atoms with Gasteiger partial charge in [0.25, 0.3) is 0 Å². The summed E-state index contributed by atoms with van der Waals surface area (Å²) in [6.45, 7) is 1.97. The van der Waals surface area contributed by atoms with Gasteiger partial charge in [-0.1, -0.05) is 19.8 Å². The lowest BCUT2D eigenvalue weighted by atomic mass is 10.1. The molecule has 21 heavy (non-hydrogen) atoms. The standard InChI is InChI=1S/C14H19BrN2O4/c1-3-4-5-11(13(18)19)17-14(20)16-9-6-7-10(15)12(8-9)21-2/h6-8,11H,3-5H2,1-2H3,(H,18,19)(H2,16,17,20). The Labute approximate surface area is 132 Å². The minimum absolute atomic E-state index is 0.406. The van der Waals surface area contributed by atoms with E-state index in [0.29, 0.717) is 17.9 Å². The molecule has 1 unspecified atom stereocenters. The maximum absolute atomic E-state index is 11.8. The summed E-state index contributed by atoms with van der Waals surface area (Å²) in [6.07, 6.45) is 2.02. The van der Waals surface area contributed by atoms with Gasteiger partial charge in [-0.15, -0.1) is 0 Å². The number of rotatable bonds is 7. The van der Waals surface area contributed by atoms with Gasteiger partial charge in [0.15, 0.2) is 0 Å². The summed E-state index contributed by atoms with van der Waals surface area (Å²) < 4.78 is 5.89. The summed E-state index contributed by atoms with van der Waals surface area (Å²) in [6, 6.07) is 3.63. The summed E-state index contributed by atoms with van der Waals surface area (Å²) in [7, 11) is 1.52. The minimum atomic E-state index is -1.04. The fourth-order valence-corrected chi connectivity index (χ4v) is 2.14. The predicted molar refractivity (Wildman–Crippen MR) is 83.8 cm³/mol. The van der Waals surface area contributed by atoms with Crippen LogP contribution in [0.5, 0.6) is 5.75 Å². The maximum atomic E-state index is 11.8. The Morgan fingerprint density at radius 1 is 1.43 bits per heavy atom. The Bertz CT molecular complexity index is 508. The molecule has 6 nitrogen and oxygen atoms in total.